The molecule has 3 rings (SSSR count). The average molecular weight is 470 g/mol. The molecule has 182 valence electrons. The van der Waals surface area contributed by atoms with E-state index in [0.717, 1.165) is 17.0 Å². The van der Waals surface area contributed by atoms with Crippen LogP contribution in [0.25, 0.3) is 6.08 Å². The molecule has 0 radical (unpaired) electrons. The molecule has 0 aliphatic rings. The van der Waals surface area contributed by atoms with Crippen LogP contribution in [0.15, 0.2) is 85.5 Å². The number of nitrogens with two attached hydrogens (primary N) is 1. The summed E-state index contributed by atoms with van der Waals surface area (Å²) >= 11 is 1.67. The lowest BCUT2D eigenvalue weighted by Crippen LogP contribution is -2.18. The molecule has 5 heteroatoms. The molecule has 0 fully saturated rings. The van der Waals surface area contributed by atoms with Crippen LogP contribution in [0.4, 0.5) is 0 Å². The number of nitrogens with one attached hydrogen (secondary N) is 1. The maximum Gasteiger partial charge on any atom is 0.217 e. The molecule has 0 saturated carbocycles. The molecule has 0 unspecified atom stereocenters. The largest absolute Gasteiger partial charge is 0.405 e. The number of aryl methyl sites for hydroxylation is 2. The molecule has 0 aliphatic carbocycles. The van der Waals surface area contributed by atoms with Crippen molar-refractivity contribution in [1.29, 1.82) is 0 Å². The summed E-state index contributed by atoms with van der Waals surface area (Å²) in [5, 5.41) is 5.82. The highest BCUT2D eigenvalue weighted by Crippen LogP contribution is 2.05. The zero-order valence-electron chi connectivity index (χ0n) is 20.2. The van der Waals surface area contributed by atoms with E-state index in [-0.39, 0.29) is 13.3 Å². The minimum atomic E-state index is 0. The van der Waals surface area contributed by atoms with Crippen LogP contribution in [0.3, 0.4) is 0 Å². The van der Waals surface area contributed by atoms with Gasteiger partial charge in [-0.05, 0) is 36.2 Å². The van der Waals surface area contributed by atoms with Crippen molar-refractivity contribution in [2.75, 3.05) is 0 Å². The summed E-state index contributed by atoms with van der Waals surface area (Å²) in [7, 11) is 0. The zero-order chi connectivity index (χ0) is 24.6. The monoisotopic (exact) mass is 469 g/mol. The topological polar surface area (TPSA) is 68.0 Å². The molecule has 2 aromatic carbocycles. The van der Waals surface area contributed by atoms with Crippen LogP contribution < -0.4 is 11.1 Å². The fourth-order valence-electron chi connectivity index (χ4n) is 2.01. The van der Waals surface area contributed by atoms with Crippen molar-refractivity contribution in [2.24, 2.45) is 5.73 Å². The van der Waals surface area contributed by atoms with Gasteiger partial charge in [0.25, 0.3) is 0 Å². The number of hydrogen-bond acceptors (Lipinski definition) is 4. The van der Waals surface area contributed by atoms with Crippen molar-refractivity contribution in [3.8, 4) is 0 Å². The second-order valence-electron chi connectivity index (χ2n) is 5.98. The Morgan fingerprint density at radius 3 is 1.94 bits per heavy atom. The second kappa shape index (κ2) is 25.1. The lowest BCUT2D eigenvalue weighted by atomic mass is 10.1. The van der Waals surface area contributed by atoms with Crippen molar-refractivity contribution in [1.82, 2.24) is 10.3 Å². The minimum absolute atomic E-state index is 0. The number of rotatable bonds is 4. The van der Waals surface area contributed by atoms with Gasteiger partial charge in [0, 0.05) is 25.0 Å². The maximum atomic E-state index is 10.5. The van der Waals surface area contributed by atoms with E-state index in [1.54, 1.807) is 17.5 Å². The first kappa shape index (κ1) is 34.4. The van der Waals surface area contributed by atoms with Crippen LogP contribution >= 0.6 is 11.3 Å². The summed E-state index contributed by atoms with van der Waals surface area (Å²) in [5.74, 6) is 0.00820. The highest BCUT2D eigenvalue weighted by Gasteiger charge is 1.91. The van der Waals surface area contributed by atoms with Crippen molar-refractivity contribution < 1.29 is 4.79 Å². The molecular formula is C28H43N3OS. The number of carbonyl (C=O) groups excluding carboxylic acids is 1. The van der Waals surface area contributed by atoms with Crippen LogP contribution in [0.2, 0.25) is 0 Å². The van der Waals surface area contributed by atoms with Gasteiger partial charge in [0.15, 0.2) is 0 Å². The zero-order valence-corrected chi connectivity index (χ0v) is 21.0. The third kappa shape index (κ3) is 21.8. The SMILES string of the molecule is C.C=CN.C=Cc1ccc(CC)cc1.CC.CC(=O)NCc1ccccc1.Cc1nccs1. The Kier molecular flexibility index (Phi) is 26.2. The van der Waals surface area contributed by atoms with Crippen molar-refractivity contribution >= 4 is 23.3 Å². The molecule has 3 aromatic rings. The van der Waals surface area contributed by atoms with E-state index in [2.05, 4.69) is 60.4 Å². The lowest BCUT2D eigenvalue weighted by molar-refractivity contribution is -0.119. The van der Waals surface area contributed by atoms with Gasteiger partial charge < -0.3 is 11.1 Å². The number of hydrogen-bond donors (Lipinski definition) is 2. The first-order valence-electron chi connectivity index (χ1n) is 10.6. The van der Waals surface area contributed by atoms with E-state index in [1.807, 2.05) is 62.6 Å². The molecule has 4 nitrogen and oxygen atoms in total. The Labute approximate surface area is 206 Å². The lowest BCUT2D eigenvalue weighted by Gasteiger charge is -2.00. The van der Waals surface area contributed by atoms with Gasteiger partial charge in [-0.2, -0.15) is 0 Å². The van der Waals surface area contributed by atoms with Gasteiger partial charge in [-0.3, -0.25) is 9.78 Å². The highest BCUT2D eigenvalue weighted by atomic mass is 32.1. The second-order valence-corrected chi connectivity index (χ2v) is 7.08. The standard InChI is InChI=1S/C10H12.C9H11NO.C4H5NS.C2H5N.C2H6.CH4/c1-3-9-5-7-10(4-2)8-6-9;1-8(11)10-7-9-5-3-2-4-6-9;1-4-5-2-3-6-4;1-2-3;1-2;/h3,5-8H,1,4H2,2H3;2-6H,7H2,1H3,(H,10,11);2-3H,1H3;2H,1,3H2;1-2H3;1H4. The van der Waals surface area contributed by atoms with E-state index in [1.165, 1.54) is 24.3 Å². The van der Waals surface area contributed by atoms with E-state index in [4.69, 9.17) is 0 Å². The van der Waals surface area contributed by atoms with Gasteiger partial charge in [0.05, 0.1) is 5.01 Å². The summed E-state index contributed by atoms with van der Waals surface area (Å²) in [5.41, 5.74) is 8.31. The van der Waals surface area contributed by atoms with E-state index in [9.17, 15) is 4.79 Å². The Bertz CT molecular complexity index is 814. The highest BCUT2D eigenvalue weighted by molar-refractivity contribution is 7.09. The van der Waals surface area contributed by atoms with Crippen LogP contribution in [0.1, 0.15) is 56.8 Å². The molecule has 0 atom stereocenters. The summed E-state index contributed by atoms with van der Waals surface area (Å²) in [6.07, 6.45) is 6.02. The molecule has 0 bridgehead atoms. The molecule has 0 saturated heterocycles. The molecule has 1 aromatic heterocycles. The van der Waals surface area contributed by atoms with Gasteiger partial charge in [-0.25, -0.2) is 0 Å². The first-order valence-corrected chi connectivity index (χ1v) is 11.5. The Hall–Kier alpha value is -3.18. The number of aromatic nitrogens is 1. The third-order valence-electron chi connectivity index (χ3n) is 3.56. The Morgan fingerprint density at radius 2 is 1.61 bits per heavy atom. The van der Waals surface area contributed by atoms with Gasteiger partial charge in [0.1, 0.15) is 0 Å². The van der Waals surface area contributed by atoms with E-state index >= 15 is 0 Å². The Morgan fingerprint density at radius 1 is 1.06 bits per heavy atom. The number of carbonyl (C=O) groups is 1. The van der Waals surface area contributed by atoms with Gasteiger partial charge >= 0.3 is 0 Å². The summed E-state index contributed by atoms with van der Waals surface area (Å²) in [6, 6.07) is 18.3. The smallest absolute Gasteiger partial charge is 0.217 e. The predicted octanol–water partition coefficient (Wildman–Crippen LogP) is 7.42. The molecule has 0 aliphatic heterocycles. The van der Waals surface area contributed by atoms with E-state index < -0.39 is 0 Å². The average Bonchev–Trinajstić information content (AvgIpc) is 3.32. The van der Waals surface area contributed by atoms with Gasteiger partial charge in [-0.1, -0.05) is 102 Å². The molecule has 1 amide bonds. The third-order valence-corrected chi connectivity index (χ3v) is 4.27. The van der Waals surface area contributed by atoms with Gasteiger partial charge in [-0.15, -0.1) is 11.3 Å². The van der Waals surface area contributed by atoms with Crippen LogP contribution in [-0.4, -0.2) is 10.9 Å². The molecule has 3 N–H and O–H groups in total. The minimum Gasteiger partial charge on any atom is -0.405 e. The van der Waals surface area contributed by atoms with Crippen molar-refractivity contribution in [3.63, 3.8) is 0 Å². The molecule has 1 heterocycles. The summed E-state index contributed by atoms with van der Waals surface area (Å²) in [4.78, 5) is 14.4. The normalized spacial score (nSPS) is 8.03. The number of nitrogens with zero attached hydrogens (tertiary/aromatic N) is 1. The molecule has 0 spiro atoms. The Balaban J connectivity index is -0.000000377. The molecule has 33 heavy (non-hydrogen) atoms. The van der Waals surface area contributed by atoms with Crippen molar-refractivity contribution in [3.05, 3.63) is 107 Å². The molecular weight excluding hydrogens is 426 g/mol. The van der Waals surface area contributed by atoms with Gasteiger partial charge in [0.2, 0.25) is 5.91 Å². The number of thiazole rings is 1. The fourth-order valence-corrected chi connectivity index (χ4v) is 2.45. The van der Waals surface area contributed by atoms with Crippen LogP contribution in [0, 0.1) is 6.92 Å². The predicted molar refractivity (Wildman–Crippen MR) is 149 cm³/mol. The number of amides is 1. The summed E-state index contributed by atoms with van der Waals surface area (Å²) < 4.78 is 0. The van der Waals surface area contributed by atoms with Crippen molar-refractivity contribution in [2.45, 2.75) is 55.0 Å². The van der Waals surface area contributed by atoms with E-state index in [0.29, 0.717) is 6.54 Å². The maximum absolute atomic E-state index is 10.5. The quantitative estimate of drug-likeness (QED) is 0.418. The van der Waals surface area contributed by atoms with Crippen LogP contribution in [0.5, 0.6) is 0 Å². The fraction of sp³-hybridized carbons (Fsp3) is 0.286. The van der Waals surface area contributed by atoms with Crippen LogP contribution in [-0.2, 0) is 17.8 Å². The number of benzene rings is 2. The first-order chi connectivity index (χ1) is 15.5. The summed E-state index contributed by atoms with van der Waals surface area (Å²) in [6.45, 7) is 17.1.